The van der Waals surface area contributed by atoms with Gasteiger partial charge in [0.1, 0.15) is 0 Å². The zero-order valence-electron chi connectivity index (χ0n) is 8.71. The second-order valence-electron chi connectivity index (χ2n) is 4.98. The van der Waals surface area contributed by atoms with Crippen molar-refractivity contribution < 1.29 is 13.6 Å². The lowest BCUT2D eigenvalue weighted by Crippen LogP contribution is -2.46. The van der Waals surface area contributed by atoms with Gasteiger partial charge in [-0.3, -0.25) is 4.79 Å². The van der Waals surface area contributed by atoms with Gasteiger partial charge in [-0.15, -0.1) is 12.4 Å². The van der Waals surface area contributed by atoms with E-state index in [0.29, 0.717) is 11.8 Å². The maximum absolute atomic E-state index is 12.5. The van der Waals surface area contributed by atoms with Gasteiger partial charge in [-0.2, -0.15) is 0 Å². The predicted molar refractivity (Wildman–Crippen MR) is 56.7 cm³/mol. The highest BCUT2D eigenvalue weighted by Crippen LogP contribution is 2.45. The Balaban J connectivity index is 0.000000963. The van der Waals surface area contributed by atoms with Crippen LogP contribution in [0.5, 0.6) is 0 Å². The van der Waals surface area contributed by atoms with Gasteiger partial charge in [0.15, 0.2) is 0 Å². The van der Waals surface area contributed by atoms with E-state index >= 15 is 0 Å². The zero-order chi connectivity index (χ0) is 10.6. The topological polar surface area (TPSA) is 41.1 Å². The largest absolute Gasteiger partial charge is 0.352 e. The van der Waals surface area contributed by atoms with Gasteiger partial charge in [-0.05, 0) is 11.8 Å². The summed E-state index contributed by atoms with van der Waals surface area (Å²) in [5.74, 6) is -2.11. The Bertz CT molecular complexity index is 295. The van der Waals surface area contributed by atoms with Crippen molar-refractivity contribution in [2.24, 2.45) is 17.8 Å². The van der Waals surface area contributed by atoms with Gasteiger partial charge in [0.25, 0.3) is 0 Å². The molecule has 0 radical (unpaired) electrons. The van der Waals surface area contributed by atoms with Crippen molar-refractivity contribution in [2.45, 2.75) is 24.8 Å². The molecule has 0 bridgehead atoms. The van der Waals surface area contributed by atoms with Crippen LogP contribution in [0, 0.1) is 17.8 Å². The minimum Gasteiger partial charge on any atom is -0.352 e. The summed E-state index contributed by atoms with van der Waals surface area (Å²) in [4.78, 5) is 11.5. The molecule has 2 aliphatic carbocycles. The molecule has 0 spiro atoms. The molecule has 3 rings (SSSR count). The summed E-state index contributed by atoms with van der Waals surface area (Å²) in [7, 11) is 0. The minimum absolute atomic E-state index is 0. The Morgan fingerprint density at radius 2 is 1.81 bits per heavy atom. The van der Waals surface area contributed by atoms with Crippen LogP contribution in [-0.4, -0.2) is 31.0 Å². The molecule has 6 heteroatoms. The number of piperidine rings is 1. The number of amides is 1. The number of halogens is 3. The maximum Gasteiger partial charge on any atom is 0.249 e. The number of nitrogens with one attached hydrogen (secondary N) is 2. The van der Waals surface area contributed by atoms with Gasteiger partial charge >= 0.3 is 0 Å². The Morgan fingerprint density at radius 3 is 2.31 bits per heavy atom. The summed E-state index contributed by atoms with van der Waals surface area (Å²) < 4.78 is 25.1. The number of rotatable bonds is 2. The molecule has 2 unspecified atom stereocenters. The molecule has 3 nitrogen and oxygen atoms in total. The SMILES string of the molecule is Cl.O=C(NC1C2CNCC21)C1CC(F)(F)C1. The first-order chi connectivity index (χ1) is 7.07. The first kappa shape index (κ1) is 12.0. The lowest BCUT2D eigenvalue weighted by atomic mass is 9.81. The van der Waals surface area contributed by atoms with E-state index in [0.717, 1.165) is 13.1 Å². The highest BCUT2D eigenvalue weighted by atomic mass is 35.5. The molecule has 1 heterocycles. The lowest BCUT2D eigenvalue weighted by molar-refractivity contribution is -0.150. The standard InChI is InChI=1S/C10H14F2N2O.ClH/c11-10(12)1-5(2-10)9(15)14-8-6-3-13-4-7(6)8;/h5-8,13H,1-4H2,(H,14,15);1H. The van der Waals surface area contributed by atoms with Gasteiger partial charge in [0.2, 0.25) is 11.8 Å². The van der Waals surface area contributed by atoms with Crippen LogP contribution in [0.1, 0.15) is 12.8 Å². The Morgan fingerprint density at radius 1 is 1.25 bits per heavy atom. The molecule has 92 valence electrons. The van der Waals surface area contributed by atoms with Crippen LogP contribution in [0.2, 0.25) is 0 Å². The van der Waals surface area contributed by atoms with Crippen molar-refractivity contribution in [1.29, 1.82) is 0 Å². The van der Waals surface area contributed by atoms with Gasteiger partial charge < -0.3 is 10.6 Å². The molecule has 0 aromatic heterocycles. The molecule has 0 aromatic rings. The molecule has 2 atom stereocenters. The van der Waals surface area contributed by atoms with E-state index < -0.39 is 11.8 Å². The molecule has 1 saturated heterocycles. The van der Waals surface area contributed by atoms with Crippen molar-refractivity contribution >= 4 is 18.3 Å². The van der Waals surface area contributed by atoms with Gasteiger partial charge in [0.05, 0.1) is 0 Å². The number of hydrogen-bond donors (Lipinski definition) is 2. The smallest absolute Gasteiger partial charge is 0.249 e. The summed E-state index contributed by atoms with van der Waals surface area (Å²) in [6.45, 7) is 1.91. The summed E-state index contributed by atoms with van der Waals surface area (Å²) >= 11 is 0. The number of hydrogen-bond acceptors (Lipinski definition) is 2. The van der Waals surface area contributed by atoms with Crippen LogP contribution in [0.15, 0.2) is 0 Å². The fourth-order valence-electron chi connectivity index (χ4n) is 2.76. The molecule has 2 N–H and O–H groups in total. The van der Waals surface area contributed by atoms with E-state index in [1.165, 1.54) is 0 Å². The van der Waals surface area contributed by atoms with Crippen molar-refractivity contribution in [2.75, 3.05) is 13.1 Å². The normalized spacial score (nSPS) is 39.2. The van der Waals surface area contributed by atoms with E-state index in [9.17, 15) is 13.6 Å². The summed E-state index contributed by atoms with van der Waals surface area (Å²) in [6.07, 6.45) is -0.529. The van der Waals surface area contributed by atoms with Crippen LogP contribution in [0.4, 0.5) is 8.78 Å². The van der Waals surface area contributed by atoms with Crippen LogP contribution in [0.25, 0.3) is 0 Å². The first-order valence-corrected chi connectivity index (χ1v) is 5.46. The third kappa shape index (κ3) is 1.91. The monoisotopic (exact) mass is 252 g/mol. The van der Waals surface area contributed by atoms with Crippen LogP contribution in [0.3, 0.4) is 0 Å². The molecule has 1 amide bonds. The Kier molecular flexibility index (Phi) is 2.87. The molecule has 2 saturated carbocycles. The van der Waals surface area contributed by atoms with E-state index in [-0.39, 0.29) is 37.2 Å². The zero-order valence-corrected chi connectivity index (χ0v) is 9.53. The molecule has 3 fully saturated rings. The molecule has 16 heavy (non-hydrogen) atoms. The highest BCUT2D eigenvalue weighted by Gasteiger charge is 2.55. The van der Waals surface area contributed by atoms with E-state index in [4.69, 9.17) is 0 Å². The van der Waals surface area contributed by atoms with Crippen LogP contribution < -0.4 is 10.6 Å². The Hall–Kier alpha value is -0.420. The van der Waals surface area contributed by atoms with Gasteiger partial charge in [-0.25, -0.2) is 8.78 Å². The second kappa shape index (κ2) is 3.81. The van der Waals surface area contributed by atoms with Crippen LogP contribution in [-0.2, 0) is 4.79 Å². The fraction of sp³-hybridized carbons (Fsp3) is 0.900. The van der Waals surface area contributed by atoms with Gasteiger partial charge in [-0.1, -0.05) is 0 Å². The number of carbonyl (C=O) groups excluding carboxylic acids is 1. The van der Waals surface area contributed by atoms with Crippen molar-refractivity contribution in [3.8, 4) is 0 Å². The molecular formula is C10H15ClF2N2O. The quantitative estimate of drug-likeness (QED) is 0.763. The summed E-state index contributed by atoms with van der Waals surface area (Å²) in [5.41, 5.74) is 0. The average molecular weight is 253 g/mol. The number of fused-ring (bicyclic) bond motifs is 1. The van der Waals surface area contributed by atoms with Crippen LogP contribution >= 0.6 is 12.4 Å². The maximum atomic E-state index is 12.5. The predicted octanol–water partition coefficient (Wildman–Crippen LogP) is 0.787. The Labute approximate surface area is 98.8 Å². The third-order valence-electron chi connectivity index (χ3n) is 3.86. The van der Waals surface area contributed by atoms with Gasteiger partial charge in [0, 0.05) is 37.9 Å². The minimum atomic E-state index is -2.59. The lowest BCUT2D eigenvalue weighted by Gasteiger charge is -2.33. The number of carbonyl (C=O) groups is 1. The summed E-state index contributed by atoms with van der Waals surface area (Å²) in [6, 6.07) is 0.257. The fourth-order valence-corrected chi connectivity index (χ4v) is 2.76. The molecule has 0 aromatic carbocycles. The molecule has 1 aliphatic heterocycles. The second-order valence-corrected chi connectivity index (χ2v) is 4.98. The van der Waals surface area contributed by atoms with Crippen molar-refractivity contribution in [3.05, 3.63) is 0 Å². The van der Waals surface area contributed by atoms with E-state index in [2.05, 4.69) is 10.6 Å². The third-order valence-corrected chi connectivity index (χ3v) is 3.86. The summed E-state index contributed by atoms with van der Waals surface area (Å²) in [5, 5.41) is 6.11. The molecule has 3 aliphatic rings. The van der Waals surface area contributed by atoms with Crippen molar-refractivity contribution in [3.63, 3.8) is 0 Å². The highest BCUT2D eigenvalue weighted by molar-refractivity contribution is 5.85. The van der Waals surface area contributed by atoms with E-state index in [1.807, 2.05) is 0 Å². The number of alkyl halides is 2. The van der Waals surface area contributed by atoms with E-state index in [1.54, 1.807) is 0 Å². The average Bonchev–Trinajstić information content (AvgIpc) is 2.61. The first-order valence-electron chi connectivity index (χ1n) is 5.46. The molecular weight excluding hydrogens is 238 g/mol. The van der Waals surface area contributed by atoms with Crippen molar-refractivity contribution in [1.82, 2.24) is 10.6 Å².